The van der Waals surface area contributed by atoms with Crippen LogP contribution in [0, 0.1) is 5.92 Å². The highest BCUT2D eigenvalue weighted by Crippen LogP contribution is 2.33. The van der Waals surface area contributed by atoms with Crippen molar-refractivity contribution in [3.63, 3.8) is 0 Å². The first-order valence-corrected chi connectivity index (χ1v) is 10.5. The third-order valence-corrected chi connectivity index (χ3v) is 7.18. The highest BCUT2D eigenvalue weighted by Gasteiger charge is 2.37. The number of halogens is 1. The Labute approximate surface area is 156 Å². The quantitative estimate of drug-likeness (QED) is 0.501. The van der Waals surface area contributed by atoms with E-state index in [2.05, 4.69) is 49.6 Å². The number of ether oxygens (including phenoxy) is 1. The molecule has 0 unspecified atom stereocenters. The summed E-state index contributed by atoms with van der Waals surface area (Å²) in [4.78, 5) is 5.33. The van der Waals surface area contributed by atoms with Gasteiger partial charge in [0.05, 0.1) is 12.2 Å². The van der Waals surface area contributed by atoms with Gasteiger partial charge in [-0.2, -0.15) is 0 Å². The zero-order chi connectivity index (χ0) is 16.3. The second-order valence-electron chi connectivity index (χ2n) is 8.07. The smallest absolute Gasteiger partial charge is 0.0720 e. The first-order chi connectivity index (χ1) is 11.1. The van der Waals surface area contributed by atoms with E-state index in [1.165, 1.54) is 71.4 Å². The third-order valence-electron chi connectivity index (χ3n) is 6.22. The molecule has 3 heterocycles. The predicted molar refractivity (Wildman–Crippen MR) is 104 cm³/mol. The average Bonchev–Trinajstić information content (AvgIpc) is 2.74. The Morgan fingerprint density at radius 1 is 1.00 bits per heavy atom. The molecule has 5 heteroatoms. The predicted octanol–water partition coefficient (Wildman–Crippen LogP) is 3.01. The molecule has 0 bridgehead atoms. The fourth-order valence-corrected chi connectivity index (χ4v) is 4.90. The van der Waals surface area contributed by atoms with E-state index >= 15 is 0 Å². The van der Waals surface area contributed by atoms with Crippen LogP contribution in [0.1, 0.15) is 46.0 Å². The fraction of sp³-hybridized carbons (Fsp3) is 1.00. The number of hydrogen-bond acceptors (Lipinski definition) is 4. The van der Waals surface area contributed by atoms with Gasteiger partial charge in [-0.1, -0.05) is 0 Å². The lowest BCUT2D eigenvalue weighted by atomic mass is 9.88. The van der Waals surface area contributed by atoms with Gasteiger partial charge in [0, 0.05) is 61.6 Å². The minimum atomic E-state index is 0.192. The van der Waals surface area contributed by atoms with Crippen LogP contribution >= 0.6 is 22.9 Å². The molecule has 0 aromatic rings. The van der Waals surface area contributed by atoms with E-state index in [0.717, 1.165) is 19.1 Å². The molecular formula is C18H34IN3O. The SMILES string of the molecule is CC(C)N1CCC(CN2CCOC3(CCN(I)CC3)CC2)CC1. The van der Waals surface area contributed by atoms with Crippen molar-refractivity contribution >= 4 is 22.9 Å². The minimum Gasteiger partial charge on any atom is -0.374 e. The lowest BCUT2D eigenvalue weighted by Gasteiger charge is -2.39. The number of nitrogens with zero attached hydrogens (tertiary/aromatic N) is 3. The molecule has 0 aromatic heterocycles. The second kappa shape index (κ2) is 8.30. The maximum absolute atomic E-state index is 6.37. The van der Waals surface area contributed by atoms with Crippen molar-refractivity contribution < 1.29 is 4.74 Å². The van der Waals surface area contributed by atoms with E-state index in [9.17, 15) is 0 Å². The van der Waals surface area contributed by atoms with Crippen LogP contribution < -0.4 is 0 Å². The van der Waals surface area contributed by atoms with Gasteiger partial charge in [-0.15, -0.1) is 0 Å². The van der Waals surface area contributed by atoms with Crippen molar-refractivity contribution in [3.05, 3.63) is 0 Å². The molecule has 3 rings (SSSR count). The summed E-state index contributed by atoms with van der Waals surface area (Å²) in [5.41, 5.74) is 0.192. The summed E-state index contributed by atoms with van der Waals surface area (Å²) >= 11 is 2.46. The van der Waals surface area contributed by atoms with Crippen LogP contribution in [0.4, 0.5) is 0 Å². The molecule has 1 spiro atoms. The maximum atomic E-state index is 6.37. The summed E-state index contributed by atoms with van der Waals surface area (Å²) in [6.07, 6.45) is 6.43. The van der Waals surface area contributed by atoms with Crippen LogP contribution in [0.3, 0.4) is 0 Å². The van der Waals surface area contributed by atoms with E-state index in [1.54, 1.807) is 0 Å². The van der Waals surface area contributed by atoms with Crippen molar-refractivity contribution in [2.75, 3.05) is 52.4 Å². The van der Waals surface area contributed by atoms with Crippen molar-refractivity contribution in [1.82, 2.24) is 12.9 Å². The summed E-state index contributed by atoms with van der Waals surface area (Å²) in [6.45, 7) is 14.2. The molecule has 23 heavy (non-hydrogen) atoms. The van der Waals surface area contributed by atoms with Crippen LogP contribution in [-0.2, 0) is 4.74 Å². The number of rotatable bonds is 3. The average molecular weight is 435 g/mol. The Morgan fingerprint density at radius 3 is 2.30 bits per heavy atom. The van der Waals surface area contributed by atoms with Crippen LogP contribution in [0.2, 0.25) is 0 Å². The van der Waals surface area contributed by atoms with Gasteiger partial charge in [0.2, 0.25) is 0 Å². The normalized spacial score (nSPS) is 29.2. The van der Waals surface area contributed by atoms with Gasteiger partial charge in [-0.25, -0.2) is 3.11 Å². The Kier molecular flexibility index (Phi) is 6.63. The molecule has 3 aliphatic heterocycles. The Bertz CT molecular complexity index is 363. The third kappa shape index (κ3) is 5.03. The lowest BCUT2D eigenvalue weighted by molar-refractivity contribution is -0.0655. The van der Waals surface area contributed by atoms with Gasteiger partial charge in [0.1, 0.15) is 0 Å². The van der Waals surface area contributed by atoms with Crippen molar-refractivity contribution in [1.29, 1.82) is 0 Å². The lowest BCUT2D eigenvalue weighted by Crippen LogP contribution is -2.44. The molecule has 0 radical (unpaired) electrons. The fourth-order valence-electron chi connectivity index (χ4n) is 4.42. The molecular weight excluding hydrogens is 401 g/mol. The van der Waals surface area contributed by atoms with Crippen molar-refractivity contribution in [2.45, 2.75) is 57.6 Å². The van der Waals surface area contributed by atoms with Crippen molar-refractivity contribution in [2.24, 2.45) is 5.92 Å². The number of likely N-dealkylation sites (tertiary alicyclic amines) is 1. The molecule has 0 amide bonds. The van der Waals surface area contributed by atoms with E-state index in [0.29, 0.717) is 6.04 Å². The van der Waals surface area contributed by atoms with Gasteiger partial charge in [-0.3, -0.25) is 0 Å². The second-order valence-corrected chi connectivity index (χ2v) is 9.43. The van der Waals surface area contributed by atoms with E-state index in [1.807, 2.05) is 0 Å². The monoisotopic (exact) mass is 435 g/mol. The van der Waals surface area contributed by atoms with E-state index in [-0.39, 0.29) is 5.60 Å². The standard InChI is InChI=1S/C18H34IN3O/c1-16(2)21-8-3-17(4-9-21)15-20-10-5-18(23-14-13-20)6-11-22(19)12-7-18/h16-17H,3-15H2,1-2H3. The largest absolute Gasteiger partial charge is 0.374 e. The Balaban J connectivity index is 1.44. The van der Waals surface area contributed by atoms with Crippen LogP contribution in [-0.4, -0.2) is 77.0 Å². The molecule has 3 fully saturated rings. The molecule has 0 aromatic carbocycles. The summed E-state index contributed by atoms with van der Waals surface area (Å²) in [7, 11) is 0. The Hall–Kier alpha value is 0.570. The topological polar surface area (TPSA) is 19.0 Å². The van der Waals surface area contributed by atoms with Crippen LogP contribution in [0.5, 0.6) is 0 Å². The van der Waals surface area contributed by atoms with Crippen molar-refractivity contribution in [3.8, 4) is 0 Å². The molecule has 0 N–H and O–H groups in total. The van der Waals surface area contributed by atoms with Gasteiger partial charge in [0.15, 0.2) is 0 Å². The van der Waals surface area contributed by atoms with Gasteiger partial charge in [0.25, 0.3) is 0 Å². The van der Waals surface area contributed by atoms with Gasteiger partial charge >= 0.3 is 0 Å². The molecule has 0 aliphatic carbocycles. The first-order valence-electron chi connectivity index (χ1n) is 9.57. The molecule has 0 saturated carbocycles. The zero-order valence-electron chi connectivity index (χ0n) is 15.0. The van der Waals surface area contributed by atoms with E-state index in [4.69, 9.17) is 4.74 Å². The summed E-state index contributed by atoms with van der Waals surface area (Å²) in [5.74, 6) is 0.898. The highest BCUT2D eigenvalue weighted by molar-refractivity contribution is 14.1. The molecule has 0 atom stereocenters. The van der Waals surface area contributed by atoms with E-state index < -0.39 is 0 Å². The summed E-state index contributed by atoms with van der Waals surface area (Å²) < 4.78 is 8.78. The number of hydrogen-bond donors (Lipinski definition) is 0. The van der Waals surface area contributed by atoms with Crippen LogP contribution in [0.15, 0.2) is 0 Å². The van der Waals surface area contributed by atoms with Gasteiger partial charge in [-0.05, 0) is 65.0 Å². The minimum absolute atomic E-state index is 0.192. The Morgan fingerprint density at radius 2 is 1.65 bits per heavy atom. The summed E-state index contributed by atoms with van der Waals surface area (Å²) in [5, 5.41) is 0. The maximum Gasteiger partial charge on any atom is 0.0720 e. The zero-order valence-corrected chi connectivity index (χ0v) is 17.1. The first kappa shape index (κ1) is 18.4. The number of piperidine rings is 2. The molecule has 4 nitrogen and oxygen atoms in total. The molecule has 3 saturated heterocycles. The van der Waals surface area contributed by atoms with Crippen LogP contribution in [0.25, 0.3) is 0 Å². The van der Waals surface area contributed by atoms with Gasteiger partial charge < -0.3 is 14.5 Å². The molecule has 134 valence electrons. The highest BCUT2D eigenvalue weighted by atomic mass is 127. The summed E-state index contributed by atoms with van der Waals surface area (Å²) in [6, 6.07) is 0.714. The molecule has 3 aliphatic rings.